The molecule has 1 aromatic heterocycles. The minimum Gasteiger partial charge on any atom is -0.497 e. The molecule has 2 fully saturated rings. The average molecular weight is 647 g/mol. The number of anilines is 1. The maximum Gasteiger partial charge on any atom is 0.305 e. The van der Waals surface area contributed by atoms with E-state index in [-0.39, 0.29) is 29.2 Å². The maximum atomic E-state index is 14.0. The van der Waals surface area contributed by atoms with E-state index in [0.717, 1.165) is 15.8 Å². The Hall–Kier alpha value is -3.13. The second-order valence-electron chi connectivity index (χ2n) is 9.42. The minimum absolute atomic E-state index is 0.168. The number of hydrogen-bond acceptors (Lipinski definition) is 9. The topological polar surface area (TPSA) is 118 Å². The molecule has 0 unspecified atom stereocenters. The second kappa shape index (κ2) is 11.0. The molecule has 0 spiro atoms. The third kappa shape index (κ3) is 4.84. The quantitative estimate of drug-likeness (QED) is 0.406. The molecule has 4 heterocycles. The zero-order valence-corrected chi connectivity index (χ0v) is 24.5. The smallest absolute Gasteiger partial charge is 0.305 e. The summed E-state index contributed by atoms with van der Waals surface area (Å²) in [5.74, 6) is -1.29. The summed E-state index contributed by atoms with van der Waals surface area (Å²) in [5, 5.41) is -0.187. The number of nitrogens with zero attached hydrogens (tertiary/aromatic N) is 2. The van der Waals surface area contributed by atoms with Gasteiger partial charge in [0.1, 0.15) is 16.7 Å². The number of aromatic nitrogens is 1. The van der Waals surface area contributed by atoms with Gasteiger partial charge in [-0.1, -0.05) is 39.0 Å². The summed E-state index contributed by atoms with van der Waals surface area (Å²) in [4.78, 5) is 59.2. The lowest BCUT2D eigenvalue weighted by molar-refractivity contribution is -0.137. The normalized spacial score (nSPS) is 22.2. The van der Waals surface area contributed by atoms with Gasteiger partial charge in [-0.25, -0.2) is 4.90 Å². The lowest BCUT2D eigenvalue weighted by Gasteiger charge is -2.31. The standard InChI is InChI=1S/C27H24BrN3O7S2/c1-36-16-5-3-15(4-6-16)31-25(33)21-20(22-24(29-27(35)40-22)39-23(21)26(31)34)17-12-14(28)2-7-18(17)38-13-19(32)30-8-10-37-11-9-30/h2-7,12,20-21,23H,8-11,13H2,1H3,(H,29,35)/t20-,21-,23+/m0/s1. The van der Waals surface area contributed by atoms with Crippen LogP contribution in [0.1, 0.15) is 16.4 Å². The molecular weight excluding hydrogens is 622 g/mol. The van der Waals surface area contributed by atoms with E-state index in [1.165, 1.54) is 16.7 Å². The second-order valence-corrected chi connectivity index (χ2v) is 12.5. The fourth-order valence-electron chi connectivity index (χ4n) is 5.28. The number of rotatable bonds is 6. The number of methoxy groups -OCH3 is 1. The molecule has 1 N–H and O–H groups in total. The van der Waals surface area contributed by atoms with Crippen molar-refractivity contribution in [2.75, 3.05) is 44.9 Å². The van der Waals surface area contributed by atoms with Gasteiger partial charge in [0, 0.05) is 33.9 Å². The summed E-state index contributed by atoms with van der Waals surface area (Å²) in [7, 11) is 1.54. The van der Waals surface area contributed by atoms with E-state index in [0.29, 0.717) is 59.0 Å². The fraction of sp³-hybridized carbons (Fsp3) is 0.333. The Labute approximate surface area is 245 Å². The highest BCUT2D eigenvalue weighted by Gasteiger charge is 2.56. The number of nitrogens with one attached hydrogen (secondary N) is 1. The van der Waals surface area contributed by atoms with Gasteiger partial charge in [0.05, 0.1) is 37.0 Å². The van der Waals surface area contributed by atoms with E-state index >= 15 is 0 Å². The molecule has 0 aliphatic carbocycles. The van der Waals surface area contributed by atoms with Crippen LogP contribution in [0.2, 0.25) is 0 Å². The number of amides is 3. The van der Waals surface area contributed by atoms with Crippen molar-refractivity contribution in [3.63, 3.8) is 0 Å². The van der Waals surface area contributed by atoms with Crippen LogP contribution in [0, 0.1) is 5.92 Å². The number of thioether (sulfide) groups is 1. The molecule has 3 atom stereocenters. The van der Waals surface area contributed by atoms with Crippen molar-refractivity contribution in [1.29, 1.82) is 0 Å². The Morgan fingerprint density at radius 1 is 1.10 bits per heavy atom. The van der Waals surface area contributed by atoms with Crippen molar-refractivity contribution in [1.82, 2.24) is 9.88 Å². The van der Waals surface area contributed by atoms with Crippen molar-refractivity contribution in [2.45, 2.75) is 16.2 Å². The van der Waals surface area contributed by atoms with Crippen LogP contribution in [0.4, 0.5) is 5.69 Å². The zero-order chi connectivity index (χ0) is 28.0. The van der Waals surface area contributed by atoms with E-state index in [1.54, 1.807) is 48.4 Å². The molecule has 0 radical (unpaired) electrons. The van der Waals surface area contributed by atoms with Gasteiger partial charge in [-0.05, 0) is 42.5 Å². The Balaban J connectivity index is 1.38. The van der Waals surface area contributed by atoms with Crippen molar-refractivity contribution >= 4 is 62.4 Å². The highest BCUT2D eigenvalue weighted by atomic mass is 79.9. The Morgan fingerprint density at radius 2 is 1.85 bits per heavy atom. The molecule has 2 saturated heterocycles. The first-order chi connectivity index (χ1) is 19.4. The molecule has 0 saturated carbocycles. The van der Waals surface area contributed by atoms with Crippen molar-refractivity contribution < 1.29 is 28.6 Å². The summed E-state index contributed by atoms with van der Waals surface area (Å²) in [6.45, 7) is 1.77. The molecule has 3 aliphatic heterocycles. The van der Waals surface area contributed by atoms with Crippen molar-refractivity contribution in [2.24, 2.45) is 5.92 Å². The van der Waals surface area contributed by atoms with E-state index in [1.807, 2.05) is 6.07 Å². The molecule has 6 rings (SSSR count). The number of H-pyrrole nitrogens is 1. The third-order valence-electron chi connectivity index (χ3n) is 7.18. The van der Waals surface area contributed by atoms with Crippen LogP contribution < -0.4 is 19.2 Å². The predicted molar refractivity (Wildman–Crippen MR) is 152 cm³/mol. The van der Waals surface area contributed by atoms with Crippen LogP contribution in [0.25, 0.3) is 0 Å². The van der Waals surface area contributed by atoms with Crippen molar-refractivity contribution in [3.05, 3.63) is 67.0 Å². The van der Waals surface area contributed by atoms with E-state index in [2.05, 4.69) is 20.9 Å². The molecule has 208 valence electrons. The number of ether oxygens (including phenoxy) is 3. The van der Waals surface area contributed by atoms with Gasteiger partial charge >= 0.3 is 4.87 Å². The van der Waals surface area contributed by atoms with Crippen LogP contribution >= 0.6 is 39.0 Å². The van der Waals surface area contributed by atoms with Crippen LogP contribution in [-0.4, -0.2) is 72.9 Å². The molecule has 0 bridgehead atoms. The van der Waals surface area contributed by atoms with Gasteiger partial charge in [-0.3, -0.25) is 19.2 Å². The Morgan fingerprint density at radius 3 is 2.58 bits per heavy atom. The first-order valence-electron chi connectivity index (χ1n) is 12.5. The number of benzene rings is 2. The van der Waals surface area contributed by atoms with Gasteiger partial charge in [0.15, 0.2) is 6.61 Å². The molecule has 3 amide bonds. The lowest BCUT2D eigenvalue weighted by Crippen LogP contribution is -2.43. The molecule has 3 aromatic rings. The highest BCUT2D eigenvalue weighted by Crippen LogP contribution is 2.54. The van der Waals surface area contributed by atoms with Crippen LogP contribution in [0.15, 0.2) is 56.8 Å². The molecule has 3 aliphatic rings. The number of fused-ring (bicyclic) bond motifs is 2. The first kappa shape index (κ1) is 27.1. The van der Waals surface area contributed by atoms with Gasteiger partial charge in [-0.2, -0.15) is 0 Å². The van der Waals surface area contributed by atoms with Gasteiger partial charge in [0.2, 0.25) is 11.8 Å². The average Bonchev–Trinajstić information content (AvgIpc) is 3.46. The summed E-state index contributed by atoms with van der Waals surface area (Å²) in [6.07, 6.45) is 0. The van der Waals surface area contributed by atoms with E-state index in [9.17, 15) is 19.2 Å². The summed E-state index contributed by atoms with van der Waals surface area (Å²) in [6, 6.07) is 12.1. The van der Waals surface area contributed by atoms with E-state index < -0.39 is 17.1 Å². The zero-order valence-electron chi connectivity index (χ0n) is 21.3. The molecule has 13 heteroatoms. The Bertz CT molecular complexity index is 1530. The number of carbonyl (C=O) groups is 3. The van der Waals surface area contributed by atoms with Gasteiger partial charge < -0.3 is 24.1 Å². The molecule has 10 nitrogen and oxygen atoms in total. The van der Waals surface area contributed by atoms with E-state index in [4.69, 9.17) is 14.2 Å². The molecule has 40 heavy (non-hydrogen) atoms. The predicted octanol–water partition coefficient (Wildman–Crippen LogP) is 3.24. The van der Waals surface area contributed by atoms with Gasteiger partial charge in [0.25, 0.3) is 5.91 Å². The minimum atomic E-state index is -0.787. The van der Waals surface area contributed by atoms with Crippen LogP contribution in [-0.2, 0) is 19.1 Å². The number of imide groups is 1. The molecule has 2 aromatic carbocycles. The number of hydrogen-bond donors (Lipinski definition) is 1. The summed E-state index contributed by atoms with van der Waals surface area (Å²) >= 11 is 5.75. The summed E-state index contributed by atoms with van der Waals surface area (Å²) < 4.78 is 17.4. The van der Waals surface area contributed by atoms with Crippen molar-refractivity contribution in [3.8, 4) is 11.5 Å². The number of thiazole rings is 1. The van der Waals surface area contributed by atoms with Gasteiger partial charge in [-0.15, -0.1) is 0 Å². The SMILES string of the molecule is COc1ccc(N2C(=O)[C@H]3[C@H](c4cc(Br)ccc4OCC(=O)N4CCOCC4)c4sc(=O)[nH]c4S[C@H]3C2=O)cc1. The highest BCUT2D eigenvalue weighted by molar-refractivity contribution is 9.10. The maximum absolute atomic E-state index is 14.0. The van der Waals surface area contributed by atoms with Crippen LogP contribution in [0.3, 0.4) is 0 Å². The monoisotopic (exact) mass is 645 g/mol. The Kier molecular flexibility index (Phi) is 7.46. The number of aromatic amines is 1. The summed E-state index contributed by atoms with van der Waals surface area (Å²) in [5.41, 5.74) is 1.07. The number of carbonyl (C=O) groups excluding carboxylic acids is 3. The largest absolute Gasteiger partial charge is 0.497 e. The third-order valence-corrected chi connectivity index (χ3v) is 10.1. The van der Waals surface area contributed by atoms with Crippen LogP contribution in [0.5, 0.6) is 11.5 Å². The lowest BCUT2D eigenvalue weighted by atomic mass is 9.82. The number of halogens is 1. The molecular formula is C27H24BrN3O7S2. The fourth-order valence-corrected chi connectivity index (χ4v) is 8.16. The first-order valence-corrected chi connectivity index (χ1v) is 15.0. The number of morpholine rings is 1.